The van der Waals surface area contributed by atoms with Gasteiger partial charge in [-0.2, -0.15) is 0 Å². The van der Waals surface area contributed by atoms with Gasteiger partial charge in [0.05, 0.1) is 0 Å². The van der Waals surface area contributed by atoms with Gasteiger partial charge in [-0.1, -0.05) is 193 Å². The summed E-state index contributed by atoms with van der Waals surface area (Å²) in [5, 5.41) is 0. The van der Waals surface area contributed by atoms with E-state index in [2.05, 4.69) is 106 Å². The predicted octanol–water partition coefficient (Wildman–Crippen LogP) is 15.5. The molecule has 1 atom stereocenters. The van der Waals surface area contributed by atoms with Gasteiger partial charge in [-0.05, 0) is 96.3 Å². The average molecular weight is 841 g/mol. The van der Waals surface area contributed by atoms with Crippen LogP contribution in [0.5, 0.6) is 0 Å². The van der Waals surface area contributed by atoms with Crippen LogP contribution in [0, 0.1) is 0 Å². The first kappa shape index (κ1) is 56.5. The maximum absolute atomic E-state index is 12.7. The van der Waals surface area contributed by atoms with E-state index >= 15 is 0 Å². The highest BCUT2D eigenvalue weighted by atomic mass is 16.6. The molecule has 1 unspecified atom stereocenters. The standard InChI is InChI=1S/C55H84O6/c1-4-7-10-13-16-19-22-24-26-27-29-30-33-36-39-42-45-48-54(57)60-51-52(50-59-53(56)47-44-41-38-35-32-21-18-15-12-9-6-3)61-55(58)49-46-43-40-37-34-31-28-25-23-20-17-14-11-8-5-2/h7-8,10-11,14-20,23-26,28-31,34,36,39,52H,4-6,9,12-13,21-22,27,32-33,35,37-38,40-51H2,1-3H3/b10-7-,11-8-,17-14-,18-15-,19-16-,23-20-,26-24-,28-25-,30-29-,34-31-,39-36-. The Morgan fingerprint density at radius 3 is 1.30 bits per heavy atom. The molecule has 0 aliphatic heterocycles. The molecule has 0 aromatic carbocycles. The van der Waals surface area contributed by atoms with Crippen molar-refractivity contribution in [2.75, 3.05) is 13.2 Å². The van der Waals surface area contributed by atoms with Crippen LogP contribution in [0.1, 0.15) is 175 Å². The van der Waals surface area contributed by atoms with Crippen molar-refractivity contribution in [1.29, 1.82) is 0 Å². The zero-order valence-electron chi connectivity index (χ0n) is 38.6. The number of hydrogen-bond acceptors (Lipinski definition) is 6. The first-order valence-electron chi connectivity index (χ1n) is 23.8. The Balaban J connectivity index is 4.60. The van der Waals surface area contributed by atoms with Crippen LogP contribution in [0.25, 0.3) is 0 Å². The lowest BCUT2D eigenvalue weighted by Gasteiger charge is -2.18. The van der Waals surface area contributed by atoms with E-state index in [1.165, 1.54) is 25.7 Å². The highest BCUT2D eigenvalue weighted by molar-refractivity contribution is 5.71. The second-order valence-corrected chi connectivity index (χ2v) is 15.0. The molecule has 0 aromatic heterocycles. The summed E-state index contributed by atoms with van der Waals surface area (Å²) in [6, 6.07) is 0. The van der Waals surface area contributed by atoms with Gasteiger partial charge in [0.1, 0.15) is 13.2 Å². The van der Waals surface area contributed by atoms with Crippen LogP contribution in [0.4, 0.5) is 0 Å². The number of ether oxygens (including phenoxy) is 3. The maximum atomic E-state index is 12.7. The van der Waals surface area contributed by atoms with Gasteiger partial charge in [0.2, 0.25) is 0 Å². The lowest BCUT2D eigenvalue weighted by molar-refractivity contribution is -0.167. The lowest BCUT2D eigenvalue weighted by atomic mass is 10.1. The summed E-state index contributed by atoms with van der Waals surface area (Å²) in [7, 11) is 0. The zero-order chi connectivity index (χ0) is 44.4. The fraction of sp³-hybridized carbons (Fsp3) is 0.545. The van der Waals surface area contributed by atoms with Gasteiger partial charge in [0, 0.05) is 19.3 Å². The van der Waals surface area contributed by atoms with Gasteiger partial charge < -0.3 is 14.2 Å². The SMILES string of the molecule is CC\C=C/C=C\C=C/C=C\C=C/CCCCCC(=O)OC(COC(=O)CCC/C=C\C/C=C\C/C=C\C/C=C\C/C=C\CC)COC(=O)CCCCCCC/C=C\CCCC. The Labute approximate surface area is 373 Å². The quantitative estimate of drug-likeness (QED) is 0.0201. The van der Waals surface area contributed by atoms with E-state index in [1.807, 2.05) is 48.6 Å². The van der Waals surface area contributed by atoms with Crippen LogP contribution in [0.3, 0.4) is 0 Å². The van der Waals surface area contributed by atoms with E-state index in [-0.39, 0.29) is 44.0 Å². The molecule has 340 valence electrons. The summed E-state index contributed by atoms with van der Waals surface area (Å²) >= 11 is 0. The maximum Gasteiger partial charge on any atom is 0.306 e. The third kappa shape index (κ3) is 46.5. The smallest absolute Gasteiger partial charge is 0.306 e. The van der Waals surface area contributed by atoms with Crippen LogP contribution in [-0.4, -0.2) is 37.2 Å². The van der Waals surface area contributed by atoms with Gasteiger partial charge in [-0.25, -0.2) is 0 Å². The fourth-order valence-electron chi connectivity index (χ4n) is 5.71. The third-order valence-corrected chi connectivity index (χ3v) is 9.25. The number of carbonyl (C=O) groups excluding carboxylic acids is 3. The molecular formula is C55H84O6. The predicted molar refractivity (Wildman–Crippen MR) is 260 cm³/mol. The second-order valence-electron chi connectivity index (χ2n) is 15.0. The van der Waals surface area contributed by atoms with E-state index in [0.717, 1.165) is 96.3 Å². The summed E-state index contributed by atoms with van der Waals surface area (Å²) in [5.41, 5.74) is 0. The minimum Gasteiger partial charge on any atom is -0.462 e. The van der Waals surface area contributed by atoms with Crippen molar-refractivity contribution < 1.29 is 28.6 Å². The van der Waals surface area contributed by atoms with Crippen LogP contribution >= 0.6 is 0 Å². The molecule has 0 amide bonds. The largest absolute Gasteiger partial charge is 0.462 e. The van der Waals surface area contributed by atoms with Crippen molar-refractivity contribution >= 4 is 17.9 Å². The highest BCUT2D eigenvalue weighted by Crippen LogP contribution is 2.11. The van der Waals surface area contributed by atoms with Crippen molar-refractivity contribution in [3.63, 3.8) is 0 Å². The number of hydrogen-bond donors (Lipinski definition) is 0. The van der Waals surface area contributed by atoms with Crippen molar-refractivity contribution in [1.82, 2.24) is 0 Å². The Bertz CT molecular complexity index is 1380. The van der Waals surface area contributed by atoms with E-state index in [9.17, 15) is 14.4 Å². The van der Waals surface area contributed by atoms with Crippen molar-refractivity contribution in [2.45, 2.75) is 181 Å². The van der Waals surface area contributed by atoms with Gasteiger partial charge in [0.25, 0.3) is 0 Å². The minimum absolute atomic E-state index is 0.123. The molecule has 6 heteroatoms. The zero-order valence-corrected chi connectivity index (χ0v) is 38.6. The van der Waals surface area contributed by atoms with Gasteiger partial charge in [0.15, 0.2) is 6.10 Å². The molecule has 0 heterocycles. The molecule has 0 aromatic rings. The van der Waals surface area contributed by atoms with E-state index < -0.39 is 6.10 Å². The lowest BCUT2D eigenvalue weighted by Crippen LogP contribution is -2.30. The van der Waals surface area contributed by atoms with E-state index in [1.54, 1.807) is 0 Å². The van der Waals surface area contributed by atoms with Crippen LogP contribution < -0.4 is 0 Å². The summed E-state index contributed by atoms with van der Waals surface area (Å²) in [4.78, 5) is 37.8. The Morgan fingerprint density at radius 1 is 0.361 bits per heavy atom. The molecule has 0 spiro atoms. The monoisotopic (exact) mass is 841 g/mol. The molecule has 0 aliphatic carbocycles. The first-order valence-corrected chi connectivity index (χ1v) is 23.8. The van der Waals surface area contributed by atoms with E-state index in [4.69, 9.17) is 14.2 Å². The van der Waals surface area contributed by atoms with Gasteiger partial charge in [-0.15, -0.1) is 0 Å². The van der Waals surface area contributed by atoms with Crippen LogP contribution in [0.2, 0.25) is 0 Å². The highest BCUT2D eigenvalue weighted by Gasteiger charge is 2.19. The normalized spacial score (nSPS) is 13.3. The number of esters is 3. The van der Waals surface area contributed by atoms with Crippen LogP contribution in [0.15, 0.2) is 134 Å². The van der Waals surface area contributed by atoms with Crippen molar-refractivity contribution in [3.05, 3.63) is 134 Å². The molecule has 0 rings (SSSR count). The van der Waals surface area contributed by atoms with Crippen molar-refractivity contribution in [3.8, 4) is 0 Å². The fourth-order valence-corrected chi connectivity index (χ4v) is 5.71. The third-order valence-electron chi connectivity index (χ3n) is 9.25. The Kier molecular flexibility index (Phi) is 44.7. The summed E-state index contributed by atoms with van der Waals surface area (Å²) in [6.07, 6.45) is 67.2. The number of rotatable bonds is 40. The Morgan fingerprint density at radius 2 is 0.738 bits per heavy atom. The van der Waals surface area contributed by atoms with Gasteiger partial charge in [-0.3, -0.25) is 14.4 Å². The number of allylic oxidation sites excluding steroid dienone is 22. The topological polar surface area (TPSA) is 78.9 Å². The molecule has 0 fully saturated rings. The molecule has 0 saturated heterocycles. The summed E-state index contributed by atoms with van der Waals surface area (Å²) in [6.45, 7) is 6.21. The number of carbonyl (C=O) groups is 3. The molecule has 0 saturated carbocycles. The molecular weight excluding hydrogens is 757 g/mol. The minimum atomic E-state index is -0.830. The second kappa shape index (κ2) is 48.2. The molecule has 0 aliphatic rings. The first-order chi connectivity index (χ1) is 30.0. The van der Waals surface area contributed by atoms with E-state index in [0.29, 0.717) is 19.3 Å². The molecule has 0 N–H and O–H groups in total. The van der Waals surface area contributed by atoms with Gasteiger partial charge >= 0.3 is 17.9 Å². The summed E-state index contributed by atoms with van der Waals surface area (Å²) < 4.78 is 16.6. The molecule has 0 bridgehead atoms. The molecule has 6 nitrogen and oxygen atoms in total. The number of unbranched alkanes of at least 4 members (excludes halogenated alkanes) is 11. The van der Waals surface area contributed by atoms with Crippen LogP contribution in [-0.2, 0) is 28.6 Å². The summed E-state index contributed by atoms with van der Waals surface area (Å²) in [5.74, 6) is -1.05. The molecule has 61 heavy (non-hydrogen) atoms. The van der Waals surface area contributed by atoms with Crippen molar-refractivity contribution in [2.24, 2.45) is 0 Å². The Hall–Kier alpha value is -4.45. The molecule has 0 radical (unpaired) electrons. The average Bonchev–Trinajstić information content (AvgIpc) is 3.26.